The van der Waals surface area contributed by atoms with E-state index in [1.54, 1.807) is 0 Å². The van der Waals surface area contributed by atoms with Crippen molar-refractivity contribution < 1.29 is 9.84 Å². The second-order valence-electron chi connectivity index (χ2n) is 6.96. The summed E-state index contributed by atoms with van der Waals surface area (Å²) >= 11 is 0. The molecular weight excluding hydrogens is 212 g/mol. The molecule has 2 nitrogen and oxygen atoms in total. The van der Waals surface area contributed by atoms with Crippen LogP contribution >= 0.6 is 0 Å². The van der Waals surface area contributed by atoms with Gasteiger partial charge in [-0.25, -0.2) is 0 Å². The van der Waals surface area contributed by atoms with Crippen molar-refractivity contribution in [3.05, 3.63) is 0 Å². The van der Waals surface area contributed by atoms with Crippen LogP contribution in [0, 0.1) is 10.8 Å². The summed E-state index contributed by atoms with van der Waals surface area (Å²) in [4.78, 5) is 0. The highest BCUT2D eigenvalue weighted by Gasteiger charge is 2.43. The van der Waals surface area contributed by atoms with E-state index in [1.807, 2.05) is 6.92 Å². The monoisotopic (exact) mass is 242 g/mol. The molecule has 0 heterocycles. The fraction of sp³-hybridized carbons (Fsp3) is 1.00. The van der Waals surface area contributed by atoms with E-state index in [0.717, 1.165) is 6.42 Å². The molecule has 0 aromatic carbocycles. The van der Waals surface area contributed by atoms with Crippen LogP contribution in [0.15, 0.2) is 0 Å². The van der Waals surface area contributed by atoms with Crippen LogP contribution in [0.1, 0.15) is 66.7 Å². The molecule has 1 N–H and O–H groups in total. The maximum Gasteiger partial charge on any atom is 0.0771 e. The number of ether oxygens (including phenoxy) is 1. The van der Waals surface area contributed by atoms with Gasteiger partial charge in [0.2, 0.25) is 0 Å². The highest BCUT2D eigenvalue weighted by Crippen LogP contribution is 2.45. The second-order valence-corrected chi connectivity index (χ2v) is 6.96. The fourth-order valence-electron chi connectivity index (χ4n) is 3.26. The zero-order valence-corrected chi connectivity index (χ0v) is 12.3. The molecule has 0 aromatic heterocycles. The third kappa shape index (κ3) is 3.96. The molecule has 2 heteroatoms. The topological polar surface area (TPSA) is 29.5 Å². The van der Waals surface area contributed by atoms with E-state index in [0.29, 0.717) is 6.61 Å². The lowest BCUT2D eigenvalue weighted by Gasteiger charge is -2.42. The normalized spacial score (nSPS) is 26.5. The Balaban J connectivity index is 2.73. The Kier molecular flexibility index (Phi) is 5.03. The van der Waals surface area contributed by atoms with Crippen LogP contribution in [-0.4, -0.2) is 23.9 Å². The van der Waals surface area contributed by atoms with Gasteiger partial charge in [-0.1, -0.05) is 47.5 Å². The summed E-state index contributed by atoms with van der Waals surface area (Å²) in [7, 11) is 0. The Hall–Kier alpha value is -0.0800. The van der Waals surface area contributed by atoms with Gasteiger partial charge in [-0.2, -0.15) is 0 Å². The van der Waals surface area contributed by atoms with E-state index >= 15 is 0 Å². The van der Waals surface area contributed by atoms with E-state index in [9.17, 15) is 5.11 Å². The average molecular weight is 242 g/mol. The molecule has 0 spiro atoms. The molecule has 1 saturated carbocycles. The van der Waals surface area contributed by atoms with Gasteiger partial charge in [0.25, 0.3) is 0 Å². The molecule has 0 aromatic rings. The minimum atomic E-state index is -0.315. The number of rotatable bonds is 4. The molecule has 0 amide bonds. The van der Waals surface area contributed by atoms with Crippen LogP contribution in [0.2, 0.25) is 0 Å². The van der Waals surface area contributed by atoms with E-state index in [1.165, 1.54) is 25.7 Å². The van der Waals surface area contributed by atoms with Crippen LogP contribution in [0.4, 0.5) is 0 Å². The highest BCUT2D eigenvalue weighted by atomic mass is 16.5. The number of hydrogen-bond acceptors (Lipinski definition) is 2. The maximum atomic E-state index is 9.67. The Bertz CT molecular complexity index is 215. The molecule has 17 heavy (non-hydrogen) atoms. The van der Waals surface area contributed by atoms with Crippen LogP contribution in [-0.2, 0) is 4.74 Å². The predicted molar refractivity (Wildman–Crippen MR) is 72.1 cm³/mol. The Morgan fingerprint density at radius 1 is 1.12 bits per heavy atom. The largest absolute Gasteiger partial charge is 0.391 e. The van der Waals surface area contributed by atoms with Gasteiger partial charge in [0.1, 0.15) is 0 Å². The third-order valence-electron chi connectivity index (χ3n) is 4.24. The summed E-state index contributed by atoms with van der Waals surface area (Å²) in [5.74, 6) is 0. The first kappa shape index (κ1) is 15.0. The first-order valence-electron chi connectivity index (χ1n) is 7.09. The zero-order valence-electron chi connectivity index (χ0n) is 12.3. The van der Waals surface area contributed by atoms with E-state index in [-0.39, 0.29) is 23.0 Å². The van der Waals surface area contributed by atoms with Gasteiger partial charge in [-0.15, -0.1) is 0 Å². The average Bonchev–Trinajstić information content (AvgIpc) is 2.32. The summed E-state index contributed by atoms with van der Waals surface area (Å²) in [5.41, 5.74) is 0.431. The zero-order chi connectivity index (χ0) is 13.1. The number of aliphatic hydroxyl groups is 1. The molecule has 0 bridgehead atoms. The summed E-state index contributed by atoms with van der Waals surface area (Å²) in [6, 6.07) is 0. The van der Waals surface area contributed by atoms with Crippen molar-refractivity contribution in [2.24, 2.45) is 10.8 Å². The lowest BCUT2D eigenvalue weighted by atomic mass is 9.71. The highest BCUT2D eigenvalue weighted by molar-refractivity contribution is 4.93. The Morgan fingerprint density at radius 3 is 2.00 bits per heavy atom. The van der Waals surface area contributed by atoms with Gasteiger partial charge in [0.05, 0.1) is 18.8 Å². The summed E-state index contributed by atoms with van der Waals surface area (Å²) < 4.78 is 6.10. The van der Waals surface area contributed by atoms with Crippen molar-refractivity contribution in [3.63, 3.8) is 0 Å². The molecule has 1 rings (SSSR count). The standard InChI is InChI=1S/C15H30O2/c1-6-12(16)11-17-13-14(2,3)9-7-8-10-15(13,4)5/h12-13,16H,6-11H2,1-5H3. The fourth-order valence-corrected chi connectivity index (χ4v) is 3.26. The SMILES string of the molecule is CCC(O)COC1C(C)(C)CCCCC1(C)C. The molecule has 0 saturated heterocycles. The molecule has 0 radical (unpaired) electrons. The molecule has 1 aliphatic rings. The second kappa shape index (κ2) is 5.71. The lowest BCUT2D eigenvalue weighted by molar-refractivity contribution is -0.114. The quantitative estimate of drug-likeness (QED) is 0.760. The van der Waals surface area contributed by atoms with Crippen LogP contribution < -0.4 is 0 Å². The Labute approximate surface area is 107 Å². The first-order valence-corrected chi connectivity index (χ1v) is 7.09. The van der Waals surface area contributed by atoms with Crippen LogP contribution in [0.3, 0.4) is 0 Å². The first-order chi connectivity index (χ1) is 7.79. The molecule has 1 unspecified atom stereocenters. The molecule has 0 aliphatic heterocycles. The maximum absolute atomic E-state index is 9.67. The van der Waals surface area contributed by atoms with Crippen LogP contribution in [0.5, 0.6) is 0 Å². The smallest absolute Gasteiger partial charge is 0.0771 e. The number of hydrogen-bond donors (Lipinski definition) is 1. The van der Waals surface area contributed by atoms with Crippen molar-refractivity contribution in [1.82, 2.24) is 0 Å². The molecule has 1 aliphatic carbocycles. The van der Waals surface area contributed by atoms with E-state index in [2.05, 4.69) is 27.7 Å². The summed E-state index contributed by atoms with van der Waals surface area (Å²) in [6.07, 6.45) is 5.75. The minimum Gasteiger partial charge on any atom is -0.391 e. The van der Waals surface area contributed by atoms with Crippen molar-refractivity contribution in [3.8, 4) is 0 Å². The summed E-state index contributed by atoms with van der Waals surface area (Å²) in [6.45, 7) is 11.7. The lowest BCUT2D eigenvalue weighted by Crippen LogP contribution is -2.43. The number of aliphatic hydroxyl groups excluding tert-OH is 1. The van der Waals surface area contributed by atoms with Crippen molar-refractivity contribution in [2.75, 3.05) is 6.61 Å². The molecule has 1 atom stereocenters. The molecule has 102 valence electrons. The van der Waals surface area contributed by atoms with Gasteiger partial charge in [-0.3, -0.25) is 0 Å². The van der Waals surface area contributed by atoms with Gasteiger partial charge in [0.15, 0.2) is 0 Å². The van der Waals surface area contributed by atoms with Crippen molar-refractivity contribution in [1.29, 1.82) is 0 Å². The van der Waals surface area contributed by atoms with Crippen LogP contribution in [0.25, 0.3) is 0 Å². The molecule has 1 fully saturated rings. The molecular formula is C15H30O2. The van der Waals surface area contributed by atoms with Crippen molar-refractivity contribution in [2.45, 2.75) is 78.9 Å². The summed E-state index contributed by atoms with van der Waals surface area (Å²) in [5, 5.41) is 9.67. The van der Waals surface area contributed by atoms with Gasteiger partial charge < -0.3 is 9.84 Å². The Morgan fingerprint density at radius 2 is 1.59 bits per heavy atom. The van der Waals surface area contributed by atoms with Crippen molar-refractivity contribution >= 4 is 0 Å². The minimum absolute atomic E-state index is 0.216. The van der Waals surface area contributed by atoms with E-state index < -0.39 is 0 Å². The third-order valence-corrected chi connectivity index (χ3v) is 4.24. The van der Waals surface area contributed by atoms with Gasteiger partial charge >= 0.3 is 0 Å². The predicted octanol–water partition coefficient (Wildman–Crippen LogP) is 3.77. The van der Waals surface area contributed by atoms with E-state index in [4.69, 9.17) is 4.74 Å². The van der Waals surface area contributed by atoms with Gasteiger partial charge in [-0.05, 0) is 30.1 Å². The van der Waals surface area contributed by atoms with Gasteiger partial charge in [0, 0.05) is 0 Å².